The summed E-state index contributed by atoms with van der Waals surface area (Å²) in [6, 6.07) is 17.2. The predicted molar refractivity (Wildman–Crippen MR) is 106 cm³/mol. The first kappa shape index (κ1) is 19.1. The van der Waals surface area contributed by atoms with Crippen LogP contribution in [0, 0.1) is 10.8 Å². The third-order valence-corrected chi connectivity index (χ3v) is 5.22. The van der Waals surface area contributed by atoms with E-state index in [1.165, 1.54) is 47.2 Å². The summed E-state index contributed by atoms with van der Waals surface area (Å²) in [4.78, 5) is 12.4. The molecule has 9 heteroatoms. The normalized spacial score (nSPS) is 10.9. The summed E-state index contributed by atoms with van der Waals surface area (Å²) in [5.41, 5.74) is 1.21. The van der Waals surface area contributed by atoms with Crippen molar-refractivity contribution < 1.29 is 13.2 Å². The minimum absolute atomic E-state index is 0.0644. The van der Waals surface area contributed by atoms with Crippen molar-refractivity contribution in [3.63, 3.8) is 0 Å². The van der Waals surface area contributed by atoms with E-state index in [2.05, 4.69) is 10.0 Å². The Morgan fingerprint density at radius 1 is 0.929 bits per heavy atom. The standard InChI is InChI=1S/C19H17N5O3S/c20-13-24-12-14(6-11-18(24)21)19(25)22-15-7-9-17(10-8-15)28(26,27)23-16-4-2-1-3-5-16/h1-13,20-21,23H,(H,22,25). The van der Waals surface area contributed by atoms with Gasteiger partial charge in [0.25, 0.3) is 15.9 Å². The van der Waals surface area contributed by atoms with Gasteiger partial charge >= 0.3 is 0 Å². The summed E-state index contributed by atoms with van der Waals surface area (Å²) in [6.07, 6.45) is 2.30. The van der Waals surface area contributed by atoms with Crippen molar-refractivity contribution in [1.82, 2.24) is 4.57 Å². The molecule has 8 nitrogen and oxygen atoms in total. The van der Waals surface area contributed by atoms with Crippen LogP contribution in [0.4, 0.5) is 11.4 Å². The number of anilines is 2. The summed E-state index contributed by atoms with van der Waals surface area (Å²) >= 11 is 0. The molecule has 142 valence electrons. The topological polar surface area (TPSA) is 128 Å². The van der Waals surface area contributed by atoms with Crippen LogP contribution in [-0.2, 0) is 10.0 Å². The molecule has 0 aliphatic rings. The third kappa shape index (κ3) is 4.33. The van der Waals surface area contributed by atoms with Gasteiger partial charge in [0.1, 0.15) is 5.49 Å². The lowest BCUT2D eigenvalue weighted by molar-refractivity contribution is 0.102. The van der Waals surface area contributed by atoms with Gasteiger partial charge in [-0.3, -0.25) is 24.9 Å². The Bertz CT molecular complexity index is 1170. The Morgan fingerprint density at radius 2 is 1.61 bits per heavy atom. The number of para-hydroxylation sites is 1. The van der Waals surface area contributed by atoms with E-state index in [0.717, 1.165) is 6.34 Å². The number of amides is 1. The van der Waals surface area contributed by atoms with Crippen molar-refractivity contribution in [2.75, 3.05) is 10.0 Å². The van der Waals surface area contributed by atoms with E-state index in [4.69, 9.17) is 10.8 Å². The predicted octanol–water partition coefficient (Wildman–Crippen LogP) is 2.48. The van der Waals surface area contributed by atoms with Crippen molar-refractivity contribution in [1.29, 1.82) is 10.8 Å². The Hall–Kier alpha value is -3.72. The summed E-state index contributed by atoms with van der Waals surface area (Å²) in [5, 5.41) is 17.5. The van der Waals surface area contributed by atoms with Gasteiger partial charge in [0.15, 0.2) is 0 Å². The zero-order chi connectivity index (χ0) is 20.1. The molecule has 0 saturated carbocycles. The van der Waals surface area contributed by atoms with E-state index in [1.54, 1.807) is 30.3 Å². The van der Waals surface area contributed by atoms with Gasteiger partial charge in [0.05, 0.1) is 16.8 Å². The molecule has 0 fully saturated rings. The molecule has 0 saturated heterocycles. The van der Waals surface area contributed by atoms with E-state index < -0.39 is 15.9 Å². The molecule has 0 bridgehead atoms. The lowest BCUT2D eigenvalue weighted by Crippen LogP contribution is -2.21. The van der Waals surface area contributed by atoms with Gasteiger partial charge in [-0.2, -0.15) is 0 Å². The first-order valence-corrected chi connectivity index (χ1v) is 9.64. The van der Waals surface area contributed by atoms with Gasteiger partial charge in [0, 0.05) is 17.6 Å². The van der Waals surface area contributed by atoms with Crippen LogP contribution in [-0.4, -0.2) is 25.2 Å². The fourth-order valence-electron chi connectivity index (χ4n) is 2.40. The van der Waals surface area contributed by atoms with E-state index in [0.29, 0.717) is 11.4 Å². The number of pyridine rings is 1. The molecular formula is C19H17N5O3S. The highest BCUT2D eigenvalue weighted by atomic mass is 32.2. The summed E-state index contributed by atoms with van der Waals surface area (Å²) < 4.78 is 28.5. The highest BCUT2D eigenvalue weighted by molar-refractivity contribution is 7.92. The molecule has 0 aliphatic carbocycles. The average Bonchev–Trinajstić information content (AvgIpc) is 2.69. The SMILES string of the molecule is N=Cn1cc(C(=O)Nc2ccc(S(=O)(=O)Nc3ccccc3)cc2)ccc1=N. The number of carbonyl (C=O) groups excluding carboxylic acids is 1. The number of carbonyl (C=O) groups is 1. The summed E-state index contributed by atoms with van der Waals surface area (Å²) in [7, 11) is -3.74. The van der Waals surface area contributed by atoms with Gasteiger partial charge in [-0.05, 0) is 48.5 Å². The maximum atomic E-state index is 12.4. The monoisotopic (exact) mass is 395 g/mol. The van der Waals surface area contributed by atoms with Crippen LogP contribution in [0.5, 0.6) is 0 Å². The minimum Gasteiger partial charge on any atom is -0.322 e. The fraction of sp³-hybridized carbons (Fsp3) is 0. The van der Waals surface area contributed by atoms with Crippen molar-refractivity contribution in [2.24, 2.45) is 0 Å². The zero-order valence-electron chi connectivity index (χ0n) is 14.6. The molecular weight excluding hydrogens is 378 g/mol. The number of aromatic nitrogens is 1. The Kier molecular flexibility index (Phi) is 5.37. The van der Waals surface area contributed by atoms with Gasteiger partial charge in [-0.1, -0.05) is 18.2 Å². The molecule has 0 radical (unpaired) electrons. The number of hydrogen-bond acceptors (Lipinski definition) is 5. The average molecular weight is 395 g/mol. The van der Waals surface area contributed by atoms with Crippen LogP contribution in [0.2, 0.25) is 0 Å². The molecule has 3 rings (SSSR count). The van der Waals surface area contributed by atoms with Crippen LogP contribution < -0.4 is 15.5 Å². The molecule has 28 heavy (non-hydrogen) atoms. The molecule has 2 aromatic carbocycles. The number of hydrogen-bond donors (Lipinski definition) is 4. The van der Waals surface area contributed by atoms with Crippen LogP contribution >= 0.6 is 0 Å². The molecule has 0 spiro atoms. The lowest BCUT2D eigenvalue weighted by atomic mass is 10.2. The van der Waals surface area contributed by atoms with E-state index in [1.807, 2.05) is 0 Å². The Labute approximate surface area is 161 Å². The van der Waals surface area contributed by atoms with E-state index in [9.17, 15) is 13.2 Å². The smallest absolute Gasteiger partial charge is 0.261 e. The third-order valence-electron chi connectivity index (χ3n) is 3.83. The quantitative estimate of drug-likeness (QED) is 0.378. The van der Waals surface area contributed by atoms with Crippen LogP contribution in [0.25, 0.3) is 0 Å². The summed E-state index contributed by atoms with van der Waals surface area (Å²) in [5.74, 6) is -0.436. The van der Waals surface area contributed by atoms with Gasteiger partial charge in [0.2, 0.25) is 0 Å². The van der Waals surface area contributed by atoms with Crippen LogP contribution in [0.15, 0.2) is 77.8 Å². The second kappa shape index (κ2) is 7.89. The Balaban J connectivity index is 1.74. The summed E-state index contributed by atoms with van der Waals surface area (Å²) in [6.45, 7) is 0. The molecule has 1 heterocycles. The molecule has 0 atom stereocenters. The van der Waals surface area contributed by atoms with E-state index in [-0.39, 0.29) is 15.9 Å². The largest absolute Gasteiger partial charge is 0.322 e. The number of rotatable bonds is 6. The highest BCUT2D eigenvalue weighted by Gasteiger charge is 2.14. The lowest BCUT2D eigenvalue weighted by Gasteiger charge is -2.10. The second-order valence-corrected chi connectivity index (χ2v) is 7.47. The molecule has 1 amide bonds. The number of sulfonamides is 1. The molecule has 3 aromatic rings. The van der Waals surface area contributed by atoms with Crippen LogP contribution in [0.1, 0.15) is 10.4 Å². The van der Waals surface area contributed by atoms with Gasteiger partial charge in [-0.15, -0.1) is 0 Å². The molecule has 1 aromatic heterocycles. The van der Waals surface area contributed by atoms with Gasteiger partial charge in [-0.25, -0.2) is 8.42 Å². The van der Waals surface area contributed by atoms with Crippen molar-refractivity contribution in [3.8, 4) is 0 Å². The highest BCUT2D eigenvalue weighted by Crippen LogP contribution is 2.18. The molecule has 0 aliphatic heterocycles. The van der Waals surface area contributed by atoms with Crippen molar-refractivity contribution in [3.05, 3.63) is 84.0 Å². The van der Waals surface area contributed by atoms with Crippen LogP contribution in [0.3, 0.4) is 0 Å². The zero-order valence-corrected chi connectivity index (χ0v) is 15.4. The Morgan fingerprint density at radius 3 is 2.25 bits per heavy atom. The molecule has 0 unspecified atom stereocenters. The number of nitrogens with zero attached hydrogens (tertiary/aromatic N) is 1. The maximum absolute atomic E-state index is 12.4. The van der Waals surface area contributed by atoms with Crippen molar-refractivity contribution >= 4 is 33.6 Å². The first-order valence-electron chi connectivity index (χ1n) is 8.16. The van der Waals surface area contributed by atoms with Crippen molar-refractivity contribution in [2.45, 2.75) is 4.90 Å². The fourth-order valence-corrected chi connectivity index (χ4v) is 3.46. The molecule has 4 N–H and O–H groups in total. The maximum Gasteiger partial charge on any atom is 0.261 e. The second-order valence-electron chi connectivity index (χ2n) is 5.79. The van der Waals surface area contributed by atoms with E-state index >= 15 is 0 Å². The number of nitrogens with one attached hydrogen (secondary N) is 4. The first-order chi connectivity index (χ1) is 13.4. The van der Waals surface area contributed by atoms with Gasteiger partial charge < -0.3 is 5.32 Å². The minimum atomic E-state index is -3.74. The number of benzene rings is 2.